The molecule has 0 aromatic carbocycles. The number of hydrogen-bond donors (Lipinski definition) is 0. The fourth-order valence-corrected chi connectivity index (χ4v) is 0.633. The summed E-state index contributed by atoms with van der Waals surface area (Å²) >= 11 is 0. The summed E-state index contributed by atoms with van der Waals surface area (Å²) in [6.45, 7) is 0.194. The Hall–Kier alpha value is -0.785. The van der Waals surface area contributed by atoms with Crippen molar-refractivity contribution in [2.45, 2.75) is 0 Å². The van der Waals surface area contributed by atoms with Crippen LogP contribution in [0.2, 0.25) is 0 Å². The smallest absolute Gasteiger partial charge is 0.0589 e. The molecule has 0 saturated carbocycles. The van der Waals surface area contributed by atoms with Crippen LogP contribution in [0.25, 0.3) is 0 Å². The molecule has 8 heavy (non-hydrogen) atoms. The van der Waals surface area contributed by atoms with Gasteiger partial charge >= 0.3 is 0 Å². The van der Waals surface area contributed by atoms with Crippen molar-refractivity contribution in [3.63, 3.8) is 0 Å². The van der Waals surface area contributed by atoms with Gasteiger partial charge in [-0.05, 0) is 0 Å². The van der Waals surface area contributed by atoms with Crippen LogP contribution in [0.3, 0.4) is 0 Å². The Kier molecular flexibility index (Phi) is 1.68. The summed E-state index contributed by atoms with van der Waals surface area (Å²) in [4.78, 5) is 0. The highest BCUT2D eigenvalue weighted by atomic mass is 16.4. The molecule has 0 amide bonds. The van der Waals surface area contributed by atoms with Crippen LogP contribution in [-0.2, 0) is 0 Å². The first-order chi connectivity index (χ1) is 3.93. The van der Waals surface area contributed by atoms with E-state index < -0.39 is 0 Å². The Morgan fingerprint density at radius 2 is 1.75 bits per heavy atom. The fraction of sp³-hybridized carbons (Fsp3) is 0.167. The lowest BCUT2D eigenvalue weighted by molar-refractivity contribution is 0.522. The van der Waals surface area contributed by atoms with E-state index in [9.17, 15) is 0 Å². The van der Waals surface area contributed by atoms with E-state index in [-0.39, 0.29) is 6.55 Å². The lowest BCUT2D eigenvalue weighted by Crippen LogP contribution is -2.05. The Morgan fingerprint density at radius 3 is 2.12 bits per heavy atom. The summed E-state index contributed by atoms with van der Waals surface area (Å²) in [5, 5.41) is 0. The zero-order valence-electron chi connectivity index (χ0n) is 4.87. The van der Waals surface area contributed by atoms with Crippen LogP contribution in [0.5, 0.6) is 0 Å². The summed E-state index contributed by atoms with van der Waals surface area (Å²) in [6.07, 6.45) is 0. The molecule has 0 aliphatic carbocycles. The quantitative estimate of drug-likeness (QED) is 0.515. The Labute approximate surface area is 49.4 Å². The third-order valence-corrected chi connectivity index (χ3v) is 1.10. The van der Waals surface area contributed by atoms with Crippen LogP contribution in [-0.4, -0.2) is 13.7 Å². The zero-order chi connectivity index (χ0) is 5.82. The van der Waals surface area contributed by atoms with Crippen LogP contribution < -0.4 is 4.65 Å². The SMILES string of the molecule is CO[b-]1ccccc1. The molecule has 0 unspecified atom stereocenters. The van der Waals surface area contributed by atoms with Gasteiger partial charge in [0.1, 0.15) is 0 Å². The van der Waals surface area contributed by atoms with E-state index in [0.29, 0.717) is 0 Å². The molecule has 1 heterocycles. The second-order valence-electron chi connectivity index (χ2n) is 1.66. The summed E-state index contributed by atoms with van der Waals surface area (Å²) in [5.41, 5.74) is 0. The van der Waals surface area contributed by atoms with E-state index in [2.05, 4.69) is 0 Å². The van der Waals surface area contributed by atoms with Crippen LogP contribution in [0.15, 0.2) is 30.1 Å². The summed E-state index contributed by atoms with van der Waals surface area (Å²) < 4.78 is 5.00. The van der Waals surface area contributed by atoms with Crippen molar-refractivity contribution in [3.8, 4) is 0 Å². The predicted octanol–water partition coefficient (Wildman–Crippen LogP) is 0.771. The highest BCUT2D eigenvalue weighted by molar-refractivity contribution is 6.43. The van der Waals surface area contributed by atoms with Crippen molar-refractivity contribution in [3.05, 3.63) is 30.1 Å². The summed E-state index contributed by atoms with van der Waals surface area (Å²) in [5.74, 6) is 4.00. The first-order valence-corrected chi connectivity index (χ1v) is 2.64. The minimum atomic E-state index is 0.194. The Balaban J connectivity index is 2.83. The van der Waals surface area contributed by atoms with Gasteiger partial charge in [0.2, 0.25) is 0 Å². The highest BCUT2D eigenvalue weighted by Crippen LogP contribution is 1.80. The van der Waals surface area contributed by atoms with Crippen LogP contribution in [0, 0.1) is 0 Å². The molecule has 0 aliphatic rings. The lowest BCUT2D eigenvalue weighted by Gasteiger charge is -2.08. The summed E-state index contributed by atoms with van der Waals surface area (Å²) in [7, 11) is 1.70. The fourth-order valence-electron chi connectivity index (χ4n) is 0.633. The number of rotatable bonds is 1. The maximum Gasteiger partial charge on any atom is 0.0589 e. The van der Waals surface area contributed by atoms with Gasteiger partial charge in [-0.15, -0.1) is 12.1 Å². The molecule has 1 aromatic heterocycles. The van der Waals surface area contributed by atoms with Gasteiger partial charge in [-0.2, -0.15) is 0 Å². The third kappa shape index (κ3) is 1.09. The summed E-state index contributed by atoms with van der Waals surface area (Å²) in [6, 6.07) is 5.94. The van der Waals surface area contributed by atoms with Crippen LogP contribution in [0.1, 0.15) is 0 Å². The lowest BCUT2D eigenvalue weighted by atomic mass is 9.86. The molecule has 0 atom stereocenters. The second-order valence-corrected chi connectivity index (χ2v) is 1.66. The molecule has 0 radical (unpaired) electrons. The third-order valence-electron chi connectivity index (χ3n) is 1.10. The molecule has 1 rings (SSSR count). The van der Waals surface area contributed by atoms with Crippen molar-refractivity contribution < 1.29 is 4.65 Å². The van der Waals surface area contributed by atoms with Gasteiger partial charge in [0.05, 0.1) is 6.55 Å². The highest BCUT2D eigenvalue weighted by Gasteiger charge is 1.68. The largest absolute Gasteiger partial charge is 0.751 e. The van der Waals surface area contributed by atoms with Crippen molar-refractivity contribution in [1.29, 1.82) is 0 Å². The van der Waals surface area contributed by atoms with Crippen molar-refractivity contribution in [2.75, 3.05) is 7.11 Å². The van der Waals surface area contributed by atoms with E-state index >= 15 is 0 Å². The molecule has 0 spiro atoms. The molecule has 1 aromatic rings. The first-order valence-electron chi connectivity index (χ1n) is 2.64. The minimum Gasteiger partial charge on any atom is -0.751 e. The average Bonchev–Trinajstić information content (AvgIpc) is 1.90. The molecular weight excluding hydrogens is 98.9 g/mol. The molecule has 0 bridgehead atoms. The predicted molar refractivity (Wildman–Crippen MR) is 34.9 cm³/mol. The van der Waals surface area contributed by atoms with Gasteiger partial charge in [0.15, 0.2) is 0 Å². The number of hydrogen-bond acceptors (Lipinski definition) is 1. The van der Waals surface area contributed by atoms with Gasteiger partial charge in [-0.1, -0.05) is 6.07 Å². The van der Waals surface area contributed by atoms with E-state index in [1.165, 1.54) is 0 Å². The minimum absolute atomic E-state index is 0.194. The molecule has 0 saturated heterocycles. The normalized spacial score (nSPS) is 8.62. The molecule has 1 nitrogen and oxygen atoms in total. The topological polar surface area (TPSA) is 9.23 Å². The molecule has 2 heteroatoms. The van der Waals surface area contributed by atoms with E-state index in [4.69, 9.17) is 4.65 Å². The molecule has 0 fully saturated rings. The van der Waals surface area contributed by atoms with Crippen molar-refractivity contribution in [2.24, 2.45) is 0 Å². The monoisotopic (exact) mass is 107 g/mol. The maximum atomic E-state index is 5.00. The van der Waals surface area contributed by atoms with Crippen LogP contribution in [0.4, 0.5) is 0 Å². The van der Waals surface area contributed by atoms with E-state index in [1.807, 2.05) is 30.1 Å². The van der Waals surface area contributed by atoms with Gasteiger partial charge in [0, 0.05) is 7.11 Å². The average molecular weight is 107 g/mol. The molecule has 42 valence electrons. The first kappa shape index (κ1) is 5.35. The molecular formula is C6H8BO-. The zero-order valence-corrected chi connectivity index (χ0v) is 4.87. The van der Waals surface area contributed by atoms with Crippen molar-refractivity contribution >= 4 is 6.55 Å². The van der Waals surface area contributed by atoms with E-state index in [1.54, 1.807) is 7.11 Å². The maximum absolute atomic E-state index is 5.00. The standard InChI is InChI=1S/C6H8BO/c1-8-7-5-3-2-4-6-7/h2-6H,1H3/q-1. The van der Waals surface area contributed by atoms with E-state index in [0.717, 1.165) is 0 Å². The Morgan fingerprint density at radius 1 is 1.12 bits per heavy atom. The van der Waals surface area contributed by atoms with Gasteiger partial charge in [0.25, 0.3) is 0 Å². The molecule has 0 N–H and O–H groups in total. The van der Waals surface area contributed by atoms with Crippen LogP contribution >= 0.6 is 0 Å². The second kappa shape index (κ2) is 2.50. The van der Waals surface area contributed by atoms with Crippen molar-refractivity contribution in [1.82, 2.24) is 0 Å². The molecule has 0 aliphatic heterocycles. The van der Waals surface area contributed by atoms with Gasteiger partial charge in [-0.25, -0.2) is 11.9 Å². The Bertz CT molecular complexity index is 150. The van der Waals surface area contributed by atoms with Gasteiger partial charge in [-0.3, -0.25) is 0 Å². The van der Waals surface area contributed by atoms with Gasteiger partial charge < -0.3 is 4.65 Å².